The molecule has 2 N–H and O–H groups in total. The van der Waals surface area contributed by atoms with Crippen molar-refractivity contribution >= 4 is 27.5 Å². The van der Waals surface area contributed by atoms with Crippen LogP contribution in [0.25, 0.3) is 0 Å². The smallest absolute Gasteiger partial charge is 0.241 e. The van der Waals surface area contributed by atoms with E-state index >= 15 is 0 Å². The molecule has 2 aliphatic rings. The van der Waals surface area contributed by atoms with Gasteiger partial charge in [-0.3, -0.25) is 4.79 Å². The van der Waals surface area contributed by atoms with Crippen LogP contribution in [0.2, 0.25) is 0 Å². The minimum Gasteiger partial charge on any atom is -0.325 e. The number of hydrogen-bond acceptors (Lipinski definition) is 2. The third kappa shape index (κ3) is 3.46. The van der Waals surface area contributed by atoms with Gasteiger partial charge in [0.15, 0.2) is 0 Å². The van der Waals surface area contributed by atoms with E-state index in [4.69, 9.17) is 0 Å². The Balaban J connectivity index is 1.61. The number of hydrogen-bond donors (Lipinski definition) is 2. The molecule has 114 valence electrons. The van der Waals surface area contributed by atoms with Gasteiger partial charge in [0.2, 0.25) is 5.91 Å². The number of benzene rings is 1. The van der Waals surface area contributed by atoms with Crippen LogP contribution < -0.4 is 10.6 Å². The summed E-state index contributed by atoms with van der Waals surface area (Å²) in [7, 11) is 0. The summed E-state index contributed by atoms with van der Waals surface area (Å²) in [5, 5.41) is 6.38. The molecule has 3 atom stereocenters. The third-order valence-electron chi connectivity index (χ3n) is 4.65. The van der Waals surface area contributed by atoms with Crippen LogP contribution in [0.5, 0.6) is 0 Å². The molecule has 3 rings (SSSR count). The van der Waals surface area contributed by atoms with Gasteiger partial charge in [0.1, 0.15) is 5.82 Å². The van der Waals surface area contributed by atoms with Gasteiger partial charge in [-0.2, -0.15) is 0 Å². The van der Waals surface area contributed by atoms with E-state index in [-0.39, 0.29) is 17.8 Å². The fraction of sp³-hybridized carbons (Fsp3) is 0.562. The zero-order valence-electron chi connectivity index (χ0n) is 11.9. The summed E-state index contributed by atoms with van der Waals surface area (Å²) in [5.74, 6) is 0.397. The first-order valence-corrected chi connectivity index (χ1v) is 8.45. The lowest BCUT2D eigenvalue weighted by Crippen LogP contribution is -2.53. The highest BCUT2D eigenvalue weighted by Gasteiger charge is 2.34. The van der Waals surface area contributed by atoms with Crippen molar-refractivity contribution in [1.82, 2.24) is 5.32 Å². The van der Waals surface area contributed by atoms with Gasteiger partial charge in [0.05, 0.1) is 10.5 Å². The van der Waals surface area contributed by atoms with Gasteiger partial charge in [-0.1, -0.05) is 12.8 Å². The van der Waals surface area contributed by atoms with E-state index in [1.165, 1.54) is 31.7 Å². The van der Waals surface area contributed by atoms with Crippen LogP contribution in [0.3, 0.4) is 0 Å². The summed E-state index contributed by atoms with van der Waals surface area (Å²) in [5.41, 5.74) is 0.626. The van der Waals surface area contributed by atoms with E-state index in [0.717, 1.165) is 18.8 Å². The number of halogens is 2. The second kappa shape index (κ2) is 6.44. The SMILES string of the molecule is O=C(Nc1ccc(F)c(Br)c1)C1CCC2CCCCC2N1. The van der Waals surface area contributed by atoms with Crippen LogP contribution in [-0.2, 0) is 4.79 Å². The van der Waals surface area contributed by atoms with E-state index in [1.807, 2.05) is 0 Å². The topological polar surface area (TPSA) is 41.1 Å². The lowest BCUT2D eigenvalue weighted by molar-refractivity contribution is -0.119. The Bertz CT molecular complexity index is 537. The fourth-order valence-electron chi connectivity index (χ4n) is 3.51. The maximum Gasteiger partial charge on any atom is 0.241 e. The van der Waals surface area contributed by atoms with E-state index in [0.29, 0.717) is 16.2 Å². The zero-order chi connectivity index (χ0) is 14.8. The molecule has 3 unspecified atom stereocenters. The van der Waals surface area contributed by atoms with Gasteiger partial charge < -0.3 is 10.6 Å². The second-order valence-electron chi connectivity index (χ2n) is 6.07. The molecule has 1 saturated carbocycles. The van der Waals surface area contributed by atoms with Gasteiger partial charge in [0, 0.05) is 11.7 Å². The Morgan fingerprint density at radius 2 is 2.05 bits per heavy atom. The van der Waals surface area contributed by atoms with Gasteiger partial charge in [-0.25, -0.2) is 4.39 Å². The molecular weight excluding hydrogens is 335 g/mol. The van der Waals surface area contributed by atoms with Crippen LogP contribution in [0.4, 0.5) is 10.1 Å². The Morgan fingerprint density at radius 3 is 2.86 bits per heavy atom. The van der Waals surface area contributed by atoms with Crippen LogP contribution in [0.15, 0.2) is 22.7 Å². The minimum absolute atomic E-state index is 0.0162. The lowest BCUT2D eigenvalue weighted by atomic mass is 9.77. The third-order valence-corrected chi connectivity index (χ3v) is 5.26. The van der Waals surface area contributed by atoms with Crippen molar-refractivity contribution in [2.75, 3.05) is 5.32 Å². The Kier molecular flexibility index (Phi) is 4.60. The largest absolute Gasteiger partial charge is 0.325 e. The molecule has 1 aromatic rings. The number of anilines is 1. The van der Waals surface area contributed by atoms with Gasteiger partial charge >= 0.3 is 0 Å². The molecular formula is C16H20BrFN2O. The normalized spacial score (nSPS) is 28.8. The van der Waals surface area contributed by atoms with Gasteiger partial charge in [-0.05, 0) is 65.7 Å². The zero-order valence-corrected chi connectivity index (χ0v) is 13.5. The summed E-state index contributed by atoms with van der Waals surface area (Å²) < 4.78 is 13.6. The van der Waals surface area contributed by atoms with Crippen molar-refractivity contribution in [2.24, 2.45) is 5.92 Å². The van der Waals surface area contributed by atoms with E-state index < -0.39 is 0 Å². The average molecular weight is 355 g/mol. The number of carbonyl (C=O) groups is 1. The molecule has 3 nitrogen and oxygen atoms in total. The number of piperidine rings is 1. The average Bonchev–Trinajstić information content (AvgIpc) is 2.50. The molecule has 0 aromatic heterocycles. The van der Waals surface area contributed by atoms with Crippen LogP contribution in [0.1, 0.15) is 38.5 Å². The van der Waals surface area contributed by atoms with Crippen LogP contribution in [-0.4, -0.2) is 18.0 Å². The Hall–Kier alpha value is -0.940. The van der Waals surface area contributed by atoms with Crippen molar-refractivity contribution in [3.05, 3.63) is 28.5 Å². The molecule has 1 aliphatic heterocycles. The molecule has 2 fully saturated rings. The van der Waals surface area contributed by atoms with Crippen molar-refractivity contribution in [3.8, 4) is 0 Å². The Morgan fingerprint density at radius 1 is 1.24 bits per heavy atom. The molecule has 0 bridgehead atoms. The number of nitrogens with one attached hydrogen (secondary N) is 2. The fourth-order valence-corrected chi connectivity index (χ4v) is 3.88. The summed E-state index contributed by atoms with van der Waals surface area (Å²) in [6, 6.07) is 4.89. The molecule has 1 amide bonds. The molecule has 21 heavy (non-hydrogen) atoms. The first-order valence-electron chi connectivity index (χ1n) is 7.65. The predicted octanol–water partition coefficient (Wildman–Crippen LogP) is 3.84. The van der Waals surface area contributed by atoms with Crippen LogP contribution in [0, 0.1) is 11.7 Å². The van der Waals surface area contributed by atoms with Crippen molar-refractivity contribution in [3.63, 3.8) is 0 Å². The monoisotopic (exact) mass is 354 g/mol. The minimum atomic E-state index is -0.325. The van der Waals surface area contributed by atoms with Crippen LogP contribution >= 0.6 is 15.9 Å². The van der Waals surface area contributed by atoms with E-state index in [1.54, 1.807) is 12.1 Å². The van der Waals surface area contributed by atoms with Gasteiger partial charge in [-0.15, -0.1) is 0 Å². The molecule has 1 aliphatic carbocycles. The molecule has 1 heterocycles. The maximum atomic E-state index is 13.2. The summed E-state index contributed by atoms with van der Waals surface area (Å²) in [6.07, 6.45) is 7.06. The highest BCUT2D eigenvalue weighted by atomic mass is 79.9. The summed E-state index contributed by atoms with van der Waals surface area (Å²) in [6.45, 7) is 0. The summed E-state index contributed by atoms with van der Waals surface area (Å²) >= 11 is 3.14. The molecule has 1 saturated heterocycles. The highest BCUT2D eigenvalue weighted by molar-refractivity contribution is 9.10. The van der Waals surface area contributed by atoms with Gasteiger partial charge in [0.25, 0.3) is 0 Å². The number of amides is 1. The molecule has 0 spiro atoms. The first-order chi connectivity index (χ1) is 10.1. The second-order valence-corrected chi connectivity index (χ2v) is 6.92. The first kappa shape index (κ1) is 15.0. The lowest BCUT2D eigenvalue weighted by Gasteiger charge is -2.39. The molecule has 1 aromatic carbocycles. The van der Waals surface area contributed by atoms with E-state index in [2.05, 4.69) is 26.6 Å². The maximum absolute atomic E-state index is 13.2. The standard InChI is InChI=1S/C16H20BrFN2O/c17-12-9-11(6-7-13(12)18)19-16(21)15-8-5-10-3-1-2-4-14(10)20-15/h6-7,9-10,14-15,20H,1-5,8H2,(H,19,21). The number of rotatable bonds is 2. The predicted molar refractivity (Wildman–Crippen MR) is 84.6 cm³/mol. The molecule has 0 radical (unpaired) electrons. The van der Waals surface area contributed by atoms with Crippen molar-refractivity contribution in [2.45, 2.75) is 50.6 Å². The number of fused-ring (bicyclic) bond motifs is 1. The van der Waals surface area contributed by atoms with Crippen molar-refractivity contribution < 1.29 is 9.18 Å². The summed E-state index contributed by atoms with van der Waals surface area (Å²) in [4.78, 5) is 12.4. The van der Waals surface area contributed by atoms with E-state index in [9.17, 15) is 9.18 Å². The quantitative estimate of drug-likeness (QED) is 0.847. The number of carbonyl (C=O) groups excluding carboxylic acids is 1. The van der Waals surface area contributed by atoms with Crippen molar-refractivity contribution in [1.29, 1.82) is 0 Å². The highest BCUT2D eigenvalue weighted by Crippen LogP contribution is 2.32. The molecule has 5 heteroatoms. The Labute approximate surface area is 132 Å².